The molecule has 3 atom stereocenters. The van der Waals surface area contributed by atoms with Gasteiger partial charge in [-0.25, -0.2) is 0 Å². The smallest absolute Gasteiger partial charge is 0.0570 e. The zero-order chi connectivity index (χ0) is 14.6. The van der Waals surface area contributed by atoms with E-state index in [9.17, 15) is 0 Å². The van der Waals surface area contributed by atoms with Gasteiger partial charge < -0.3 is 5.32 Å². The lowest BCUT2D eigenvalue weighted by atomic mass is 9.76. The largest absolute Gasteiger partial charge is 0.306 e. The summed E-state index contributed by atoms with van der Waals surface area (Å²) in [6.45, 7) is 9.40. The van der Waals surface area contributed by atoms with Crippen molar-refractivity contribution in [3.05, 3.63) is 30.1 Å². The van der Waals surface area contributed by atoms with E-state index in [1.165, 1.54) is 32.1 Å². The highest BCUT2D eigenvalue weighted by Gasteiger charge is 2.28. The molecule has 1 heterocycles. The van der Waals surface area contributed by atoms with Crippen molar-refractivity contribution in [2.24, 2.45) is 11.3 Å². The van der Waals surface area contributed by atoms with Gasteiger partial charge in [0, 0.05) is 18.3 Å². The zero-order valence-corrected chi connectivity index (χ0v) is 13.5. The van der Waals surface area contributed by atoms with Gasteiger partial charge in [0.15, 0.2) is 0 Å². The van der Waals surface area contributed by atoms with E-state index >= 15 is 0 Å². The molecule has 0 amide bonds. The summed E-state index contributed by atoms with van der Waals surface area (Å²) in [6.07, 6.45) is 8.60. The quantitative estimate of drug-likeness (QED) is 0.806. The van der Waals surface area contributed by atoms with Crippen molar-refractivity contribution in [2.45, 2.75) is 71.9 Å². The highest BCUT2D eigenvalue weighted by Crippen LogP contribution is 2.37. The normalized spacial score (nSPS) is 26.0. The van der Waals surface area contributed by atoms with E-state index in [2.05, 4.69) is 50.1 Å². The third-order valence-corrected chi connectivity index (χ3v) is 4.81. The fourth-order valence-corrected chi connectivity index (χ4v) is 3.41. The average molecular weight is 274 g/mol. The maximum absolute atomic E-state index is 4.46. The highest BCUT2D eigenvalue weighted by atomic mass is 15.0. The predicted molar refractivity (Wildman–Crippen MR) is 85.6 cm³/mol. The highest BCUT2D eigenvalue weighted by molar-refractivity contribution is 5.07. The monoisotopic (exact) mass is 274 g/mol. The third-order valence-electron chi connectivity index (χ3n) is 4.81. The first-order valence-corrected chi connectivity index (χ1v) is 8.14. The SMILES string of the molecule is C[C@@H](NC1CCCC(C(C)(C)C)CC1)c1ccccn1. The van der Waals surface area contributed by atoms with Gasteiger partial charge in [-0.2, -0.15) is 0 Å². The Morgan fingerprint density at radius 2 is 1.95 bits per heavy atom. The van der Waals surface area contributed by atoms with Gasteiger partial charge in [0.2, 0.25) is 0 Å². The van der Waals surface area contributed by atoms with Crippen LogP contribution >= 0.6 is 0 Å². The van der Waals surface area contributed by atoms with E-state index in [1.807, 2.05) is 12.3 Å². The van der Waals surface area contributed by atoms with Gasteiger partial charge in [-0.05, 0) is 56.1 Å². The summed E-state index contributed by atoms with van der Waals surface area (Å²) in [5, 5.41) is 3.78. The van der Waals surface area contributed by atoms with Gasteiger partial charge >= 0.3 is 0 Å². The molecule has 1 N–H and O–H groups in total. The van der Waals surface area contributed by atoms with Gasteiger partial charge in [-0.3, -0.25) is 4.98 Å². The molecule has 2 heteroatoms. The number of hydrogen-bond donors (Lipinski definition) is 1. The molecule has 1 saturated carbocycles. The molecule has 20 heavy (non-hydrogen) atoms. The molecule has 0 aliphatic heterocycles. The average Bonchev–Trinajstić information content (AvgIpc) is 2.65. The molecule has 2 nitrogen and oxygen atoms in total. The Morgan fingerprint density at radius 1 is 1.15 bits per heavy atom. The van der Waals surface area contributed by atoms with Crippen molar-refractivity contribution >= 4 is 0 Å². The number of aromatic nitrogens is 1. The molecule has 1 fully saturated rings. The standard InChI is InChI=1S/C18H30N2/c1-14(17-10-5-6-13-19-17)20-16-9-7-8-15(11-12-16)18(2,3)4/h5-6,10,13-16,20H,7-9,11-12H2,1-4H3/t14-,15?,16?/m1/s1. The molecule has 112 valence electrons. The van der Waals surface area contributed by atoms with Crippen LogP contribution in [-0.2, 0) is 0 Å². The maximum Gasteiger partial charge on any atom is 0.0570 e. The number of nitrogens with one attached hydrogen (secondary N) is 1. The summed E-state index contributed by atoms with van der Waals surface area (Å²) < 4.78 is 0. The summed E-state index contributed by atoms with van der Waals surface area (Å²) in [5.74, 6) is 0.874. The Labute approximate surface area is 124 Å². The van der Waals surface area contributed by atoms with E-state index in [0.717, 1.165) is 11.6 Å². The van der Waals surface area contributed by atoms with Crippen molar-refractivity contribution in [2.75, 3.05) is 0 Å². The molecule has 2 rings (SSSR count). The molecule has 2 unspecified atom stereocenters. The van der Waals surface area contributed by atoms with E-state index in [1.54, 1.807) is 0 Å². The van der Waals surface area contributed by atoms with Crippen LogP contribution in [0.5, 0.6) is 0 Å². The van der Waals surface area contributed by atoms with Crippen LogP contribution in [0.25, 0.3) is 0 Å². The number of pyridine rings is 1. The molecule has 1 aliphatic carbocycles. The van der Waals surface area contributed by atoms with Crippen molar-refractivity contribution in [3.8, 4) is 0 Å². The number of nitrogens with zero attached hydrogens (tertiary/aromatic N) is 1. The zero-order valence-electron chi connectivity index (χ0n) is 13.5. The fraction of sp³-hybridized carbons (Fsp3) is 0.722. The first kappa shape index (κ1) is 15.5. The Kier molecular flexibility index (Phi) is 5.20. The molecule has 1 aromatic rings. The second-order valence-electron chi connectivity index (χ2n) is 7.41. The lowest BCUT2D eigenvalue weighted by Crippen LogP contribution is -2.31. The molecule has 0 radical (unpaired) electrons. The minimum absolute atomic E-state index is 0.354. The maximum atomic E-state index is 4.46. The summed E-state index contributed by atoms with van der Waals surface area (Å²) in [7, 11) is 0. The van der Waals surface area contributed by atoms with Crippen LogP contribution in [0.3, 0.4) is 0 Å². The van der Waals surface area contributed by atoms with Crippen LogP contribution in [0.4, 0.5) is 0 Å². The first-order chi connectivity index (χ1) is 9.47. The lowest BCUT2D eigenvalue weighted by molar-refractivity contribution is 0.213. The van der Waals surface area contributed by atoms with Gasteiger partial charge in [-0.15, -0.1) is 0 Å². The van der Waals surface area contributed by atoms with Crippen molar-refractivity contribution in [3.63, 3.8) is 0 Å². The summed E-state index contributed by atoms with van der Waals surface area (Å²) in [5.41, 5.74) is 1.62. The second kappa shape index (κ2) is 6.71. The summed E-state index contributed by atoms with van der Waals surface area (Å²) in [6, 6.07) is 7.18. The van der Waals surface area contributed by atoms with E-state index in [0.29, 0.717) is 17.5 Å². The third kappa shape index (κ3) is 4.31. The van der Waals surface area contributed by atoms with Gasteiger partial charge in [0.05, 0.1) is 5.69 Å². The summed E-state index contributed by atoms with van der Waals surface area (Å²) in [4.78, 5) is 4.46. The molecular weight excluding hydrogens is 244 g/mol. The van der Waals surface area contributed by atoms with Crippen molar-refractivity contribution in [1.82, 2.24) is 10.3 Å². The van der Waals surface area contributed by atoms with Crippen LogP contribution in [0.1, 0.15) is 71.5 Å². The van der Waals surface area contributed by atoms with Gasteiger partial charge in [0.1, 0.15) is 0 Å². The predicted octanol–water partition coefficient (Wildman–Crippen LogP) is 4.73. The van der Waals surface area contributed by atoms with Crippen molar-refractivity contribution in [1.29, 1.82) is 0 Å². The van der Waals surface area contributed by atoms with Crippen LogP contribution in [-0.4, -0.2) is 11.0 Å². The van der Waals surface area contributed by atoms with Crippen LogP contribution in [0, 0.1) is 11.3 Å². The fourth-order valence-electron chi connectivity index (χ4n) is 3.41. The second-order valence-corrected chi connectivity index (χ2v) is 7.41. The molecule has 0 bridgehead atoms. The Balaban J connectivity index is 1.88. The van der Waals surface area contributed by atoms with Crippen LogP contribution in [0.2, 0.25) is 0 Å². The minimum Gasteiger partial charge on any atom is -0.306 e. The Bertz CT molecular complexity index is 394. The molecule has 0 spiro atoms. The lowest BCUT2D eigenvalue weighted by Gasteiger charge is -2.30. The molecule has 0 aromatic carbocycles. The van der Waals surface area contributed by atoms with Gasteiger partial charge in [-0.1, -0.05) is 33.3 Å². The van der Waals surface area contributed by atoms with Crippen LogP contribution < -0.4 is 5.32 Å². The topological polar surface area (TPSA) is 24.9 Å². The van der Waals surface area contributed by atoms with E-state index in [4.69, 9.17) is 0 Å². The molecule has 1 aliphatic rings. The number of hydrogen-bond acceptors (Lipinski definition) is 2. The summed E-state index contributed by atoms with van der Waals surface area (Å²) >= 11 is 0. The minimum atomic E-state index is 0.354. The van der Waals surface area contributed by atoms with Crippen LogP contribution in [0.15, 0.2) is 24.4 Å². The van der Waals surface area contributed by atoms with Gasteiger partial charge in [0.25, 0.3) is 0 Å². The Morgan fingerprint density at radius 3 is 2.60 bits per heavy atom. The van der Waals surface area contributed by atoms with Crippen molar-refractivity contribution < 1.29 is 0 Å². The molecular formula is C18H30N2. The Hall–Kier alpha value is -0.890. The van der Waals surface area contributed by atoms with E-state index in [-0.39, 0.29) is 0 Å². The first-order valence-electron chi connectivity index (χ1n) is 8.14. The molecule has 0 saturated heterocycles. The number of rotatable bonds is 3. The van der Waals surface area contributed by atoms with E-state index < -0.39 is 0 Å². The molecule has 1 aromatic heterocycles.